The van der Waals surface area contributed by atoms with Gasteiger partial charge in [0.1, 0.15) is 23.0 Å². The molecule has 1 N–H and O–H groups in total. The van der Waals surface area contributed by atoms with Gasteiger partial charge in [-0.25, -0.2) is 13.2 Å². The van der Waals surface area contributed by atoms with Gasteiger partial charge in [0.25, 0.3) is 5.91 Å². The summed E-state index contributed by atoms with van der Waals surface area (Å²) in [5.41, 5.74) is -0.690. The summed E-state index contributed by atoms with van der Waals surface area (Å²) in [6.07, 6.45) is 0. The van der Waals surface area contributed by atoms with Crippen molar-refractivity contribution >= 4 is 5.91 Å². The normalized spacial score (nSPS) is 20.0. The maximum absolute atomic E-state index is 13.5. The minimum Gasteiger partial charge on any atom is -0.333 e. The first-order valence-corrected chi connectivity index (χ1v) is 5.67. The van der Waals surface area contributed by atoms with Gasteiger partial charge in [-0.2, -0.15) is 0 Å². The second kappa shape index (κ2) is 4.97. The quantitative estimate of drug-likeness (QED) is 0.828. The Morgan fingerprint density at radius 1 is 1.33 bits per heavy atom. The number of nitrogens with one attached hydrogen (secondary N) is 1. The molecule has 0 spiro atoms. The van der Waals surface area contributed by atoms with Crippen LogP contribution in [0, 0.1) is 17.5 Å². The van der Waals surface area contributed by atoms with E-state index < -0.39 is 28.9 Å². The molecule has 0 aliphatic carbocycles. The first kappa shape index (κ1) is 12.9. The van der Waals surface area contributed by atoms with E-state index in [4.69, 9.17) is 0 Å². The molecule has 0 aromatic heterocycles. The van der Waals surface area contributed by atoms with E-state index in [1.54, 1.807) is 6.92 Å². The topological polar surface area (TPSA) is 32.3 Å². The molecule has 1 saturated heterocycles. The lowest BCUT2D eigenvalue weighted by molar-refractivity contribution is 0.0645. The van der Waals surface area contributed by atoms with Crippen molar-refractivity contribution in [3.8, 4) is 0 Å². The first-order chi connectivity index (χ1) is 8.50. The first-order valence-electron chi connectivity index (χ1n) is 5.67. The molecule has 1 aliphatic rings. The fourth-order valence-electron chi connectivity index (χ4n) is 2.03. The number of rotatable bonds is 1. The number of carbonyl (C=O) groups excluding carboxylic acids is 1. The Bertz CT molecular complexity index is 455. The SMILES string of the molecule is C[C@@H]1CNCCN1C(=O)c1c(F)cc(F)cc1F. The molecule has 2 rings (SSSR count). The molecule has 1 aliphatic heterocycles. The Kier molecular flexibility index (Phi) is 3.56. The maximum Gasteiger partial charge on any atom is 0.260 e. The third kappa shape index (κ3) is 2.33. The van der Waals surface area contributed by atoms with Crippen LogP contribution in [0.15, 0.2) is 12.1 Å². The number of carbonyl (C=O) groups is 1. The molecule has 0 radical (unpaired) electrons. The van der Waals surface area contributed by atoms with Crippen molar-refractivity contribution < 1.29 is 18.0 Å². The number of amides is 1. The van der Waals surface area contributed by atoms with Gasteiger partial charge in [0.05, 0.1) is 0 Å². The van der Waals surface area contributed by atoms with E-state index >= 15 is 0 Å². The van der Waals surface area contributed by atoms with Crippen LogP contribution in [0.4, 0.5) is 13.2 Å². The van der Waals surface area contributed by atoms with Crippen LogP contribution in [-0.2, 0) is 0 Å². The number of halogens is 3. The Hall–Kier alpha value is -1.56. The van der Waals surface area contributed by atoms with Crippen LogP contribution >= 0.6 is 0 Å². The summed E-state index contributed by atoms with van der Waals surface area (Å²) in [4.78, 5) is 13.4. The molecule has 1 aromatic rings. The van der Waals surface area contributed by atoms with E-state index in [9.17, 15) is 18.0 Å². The number of benzene rings is 1. The zero-order chi connectivity index (χ0) is 13.3. The van der Waals surface area contributed by atoms with Gasteiger partial charge in [-0.15, -0.1) is 0 Å². The van der Waals surface area contributed by atoms with Gasteiger partial charge in [-0.1, -0.05) is 0 Å². The lowest BCUT2D eigenvalue weighted by Gasteiger charge is -2.34. The third-order valence-electron chi connectivity index (χ3n) is 2.98. The molecule has 18 heavy (non-hydrogen) atoms. The van der Waals surface area contributed by atoms with E-state index in [0.717, 1.165) is 0 Å². The largest absolute Gasteiger partial charge is 0.333 e. The molecule has 0 bridgehead atoms. The molecule has 3 nitrogen and oxygen atoms in total. The van der Waals surface area contributed by atoms with Crippen LogP contribution in [0.2, 0.25) is 0 Å². The van der Waals surface area contributed by atoms with Gasteiger partial charge in [-0.05, 0) is 6.92 Å². The van der Waals surface area contributed by atoms with Gasteiger partial charge in [0, 0.05) is 37.8 Å². The van der Waals surface area contributed by atoms with Crippen LogP contribution in [-0.4, -0.2) is 36.5 Å². The Balaban J connectivity index is 2.33. The van der Waals surface area contributed by atoms with Crippen molar-refractivity contribution in [2.45, 2.75) is 13.0 Å². The Morgan fingerprint density at radius 3 is 2.50 bits per heavy atom. The van der Waals surface area contributed by atoms with Crippen LogP contribution in [0.25, 0.3) is 0 Å². The van der Waals surface area contributed by atoms with Gasteiger partial charge in [0.15, 0.2) is 0 Å². The highest BCUT2D eigenvalue weighted by Crippen LogP contribution is 2.18. The summed E-state index contributed by atoms with van der Waals surface area (Å²) in [5, 5.41) is 3.07. The molecule has 0 saturated carbocycles. The highest BCUT2D eigenvalue weighted by atomic mass is 19.1. The monoisotopic (exact) mass is 258 g/mol. The van der Waals surface area contributed by atoms with E-state index in [0.29, 0.717) is 31.8 Å². The van der Waals surface area contributed by atoms with Crippen LogP contribution in [0.1, 0.15) is 17.3 Å². The number of hydrogen-bond acceptors (Lipinski definition) is 2. The fourth-order valence-corrected chi connectivity index (χ4v) is 2.03. The number of piperazine rings is 1. The van der Waals surface area contributed by atoms with Crippen molar-refractivity contribution in [2.24, 2.45) is 0 Å². The van der Waals surface area contributed by atoms with Crippen molar-refractivity contribution in [3.63, 3.8) is 0 Å². The standard InChI is InChI=1S/C12H13F3N2O/c1-7-6-16-2-3-17(7)12(18)11-9(14)4-8(13)5-10(11)15/h4-5,7,16H,2-3,6H2,1H3/t7-/m1/s1. The molecule has 1 aromatic carbocycles. The number of nitrogens with zero attached hydrogens (tertiary/aromatic N) is 1. The molecular formula is C12H13F3N2O. The Morgan fingerprint density at radius 2 is 1.94 bits per heavy atom. The average Bonchev–Trinajstić information content (AvgIpc) is 2.27. The summed E-state index contributed by atoms with van der Waals surface area (Å²) < 4.78 is 39.8. The predicted molar refractivity (Wildman–Crippen MR) is 59.7 cm³/mol. The molecule has 6 heteroatoms. The smallest absolute Gasteiger partial charge is 0.260 e. The summed E-state index contributed by atoms with van der Waals surface area (Å²) in [7, 11) is 0. The fraction of sp³-hybridized carbons (Fsp3) is 0.417. The highest BCUT2D eigenvalue weighted by Gasteiger charge is 2.28. The molecule has 0 unspecified atom stereocenters. The van der Waals surface area contributed by atoms with Gasteiger partial charge >= 0.3 is 0 Å². The van der Waals surface area contributed by atoms with E-state index in [2.05, 4.69) is 5.32 Å². The lowest BCUT2D eigenvalue weighted by Crippen LogP contribution is -2.52. The highest BCUT2D eigenvalue weighted by molar-refractivity contribution is 5.95. The third-order valence-corrected chi connectivity index (χ3v) is 2.98. The molecule has 1 fully saturated rings. The van der Waals surface area contributed by atoms with Crippen molar-refractivity contribution in [2.75, 3.05) is 19.6 Å². The zero-order valence-electron chi connectivity index (χ0n) is 9.84. The van der Waals surface area contributed by atoms with Gasteiger partial charge in [0.2, 0.25) is 0 Å². The summed E-state index contributed by atoms with van der Waals surface area (Å²) in [6.45, 7) is 3.29. The maximum atomic E-state index is 13.5. The molecule has 1 amide bonds. The number of hydrogen-bond donors (Lipinski definition) is 1. The van der Waals surface area contributed by atoms with Crippen molar-refractivity contribution in [1.82, 2.24) is 10.2 Å². The Labute approximate surface area is 103 Å². The predicted octanol–water partition coefficient (Wildman–Crippen LogP) is 1.54. The minimum absolute atomic E-state index is 0.157. The van der Waals surface area contributed by atoms with Crippen molar-refractivity contribution in [1.29, 1.82) is 0 Å². The summed E-state index contributed by atoms with van der Waals surface area (Å²) in [6, 6.07) is 0.877. The summed E-state index contributed by atoms with van der Waals surface area (Å²) in [5.74, 6) is -4.10. The van der Waals surface area contributed by atoms with Gasteiger partial charge in [-0.3, -0.25) is 4.79 Å². The molecule has 1 heterocycles. The van der Waals surface area contributed by atoms with E-state index in [-0.39, 0.29) is 6.04 Å². The minimum atomic E-state index is -1.16. The summed E-state index contributed by atoms with van der Waals surface area (Å²) >= 11 is 0. The van der Waals surface area contributed by atoms with E-state index in [1.165, 1.54) is 4.90 Å². The average molecular weight is 258 g/mol. The van der Waals surface area contributed by atoms with E-state index in [1.807, 2.05) is 0 Å². The zero-order valence-corrected chi connectivity index (χ0v) is 9.84. The van der Waals surface area contributed by atoms with Crippen LogP contribution < -0.4 is 5.32 Å². The second-order valence-electron chi connectivity index (χ2n) is 4.30. The molecular weight excluding hydrogens is 245 g/mol. The molecule has 98 valence electrons. The van der Waals surface area contributed by atoms with Gasteiger partial charge < -0.3 is 10.2 Å². The second-order valence-corrected chi connectivity index (χ2v) is 4.30. The lowest BCUT2D eigenvalue weighted by atomic mass is 10.1. The van der Waals surface area contributed by atoms with Crippen LogP contribution in [0.3, 0.4) is 0 Å². The van der Waals surface area contributed by atoms with Crippen molar-refractivity contribution in [3.05, 3.63) is 35.1 Å². The van der Waals surface area contributed by atoms with Crippen LogP contribution in [0.5, 0.6) is 0 Å². The molecule has 1 atom stereocenters.